The van der Waals surface area contributed by atoms with Gasteiger partial charge in [-0.05, 0) is 56.9 Å². The number of nitrogens with zero attached hydrogens (tertiary/aromatic N) is 1. The van der Waals surface area contributed by atoms with Crippen LogP contribution in [-0.2, 0) is 14.8 Å². The summed E-state index contributed by atoms with van der Waals surface area (Å²) in [5, 5.41) is 3.09. The molecule has 0 spiro atoms. The van der Waals surface area contributed by atoms with Gasteiger partial charge < -0.3 is 5.32 Å². The molecule has 0 saturated carbocycles. The van der Waals surface area contributed by atoms with E-state index in [2.05, 4.69) is 5.32 Å². The van der Waals surface area contributed by atoms with Gasteiger partial charge in [-0.3, -0.25) is 4.79 Å². The van der Waals surface area contributed by atoms with Crippen LogP contribution in [-0.4, -0.2) is 31.7 Å². The molecule has 0 aliphatic carbocycles. The van der Waals surface area contributed by atoms with E-state index in [4.69, 9.17) is 0 Å². The van der Waals surface area contributed by atoms with Gasteiger partial charge in [-0.2, -0.15) is 4.31 Å². The molecule has 28 heavy (non-hydrogen) atoms. The predicted octanol–water partition coefficient (Wildman–Crippen LogP) is 3.58. The minimum atomic E-state index is -3.50. The highest BCUT2D eigenvalue weighted by Crippen LogP contribution is 2.25. The number of aryl methyl sites for hydroxylation is 2. The Morgan fingerprint density at radius 2 is 1.64 bits per heavy atom. The molecule has 1 saturated heterocycles. The zero-order valence-corrected chi connectivity index (χ0v) is 17.5. The zero-order chi connectivity index (χ0) is 20.3. The summed E-state index contributed by atoms with van der Waals surface area (Å²) >= 11 is 0. The number of rotatable bonds is 5. The fraction of sp³-hybridized carbons (Fsp3) is 0.409. The van der Waals surface area contributed by atoms with E-state index in [0.717, 1.165) is 16.7 Å². The fourth-order valence-electron chi connectivity index (χ4n) is 3.70. The van der Waals surface area contributed by atoms with Crippen LogP contribution in [0.1, 0.15) is 42.5 Å². The van der Waals surface area contributed by atoms with Crippen LogP contribution < -0.4 is 5.32 Å². The average molecular weight is 401 g/mol. The molecule has 5 nitrogen and oxygen atoms in total. The number of carbonyl (C=O) groups excluding carboxylic acids is 1. The molecule has 0 radical (unpaired) electrons. The third-order valence-corrected chi connectivity index (χ3v) is 7.41. The van der Waals surface area contributed by atoms with Gasteiger partial charge in [0.15, 0.2) is 0 Å². The van der Waals surface area contributed by atoms with E-state index >= 15 is 0 Å². The maximum absolute atomic E-state index is 12.8. The van der Waals surface area contributed by atoms with Crippen LogP contribution in [0.3, 0.4) is 0 Å². The van der Waals surface area contributed by atoms with E-state index in [9.17, 15) is 13.2 Å². The second-order valence-corrected chi connectivity index (χ2v) is 9.52. The quantitative estimate of drug-likeness (QED) is 0.834. The van der Waals surface area contributed by atoms with E-state index in [1.165, 1.54) is 4.31 Å². The summed E-state index contributed by atoms with van der Waals surface area (Å²) in [6, 6.07) is 14.9. The third kappa shape index (κ3) is 4.45. The molecule has 1 aliphatic heterocycles. The molecule has 0 aromatic heterocycles. The smallest absolute Gasteiger partial charge is 0.243 e. The first-order valence-corrected chi connectivity index (χ1v) is 11.2. The number of piperidine rings is 1. The number of carbonyl (C=O) groups is 1. The van der Waals surface area contributed by atoms with Crippen molar-refractivity contribution < 1.29 is 13.2 Å². The second kappa shape index (κ2) is 8.45. The monoisotopic (exact) mass is 400 g/mol. The molecule has 0 bridgehead atoms. The lowest BCUT2D eigenvalue weighted by atomic mass is 9.96. The van der Waals surface area contributed by atoms with Gasteiger partial charge in [-0.1, -0.05) is 42.0 Å². The van der Waals surface area contributed by atoms with Crippen LogP contribution >= 0.6 is 0 Å². The van der Waals surface area contributed by atoms with Crippen molar-refractivity contribution in [2.24, 2.45) is 5.92 Å². The number of sulfonamides is 1. The number of hydrogen-bond donors (Lipinski definition) is 1. The topological polar surface area (TPSA) is 66.5 Å². The van der Waals surface area contributed by atoms with Crippen molar-refractivity contribution in [3.63, 3.8) is 0 Å². The number of nitrogens with one attached hydrogen (secondary N) is 1. The summed E-state index contributed by atoms with van der Waals surface area (Å²) in [5.74, 6) is -0.154. The minimum absolute atomic E-state index is 0.00290. The lowest BCUT2D eigenvalue weighted by Crippen LogP contribution is -2.43. The summed E-state index contributed by atoms with van der Waals surface area (Å²) in [7, 11) is -3.50. The first kappa shape index (κ1) is 20.6. The standard InChI is InChI=1S/C22H28N2O3S/c1-16-8-10-20(11-9-16)28(26,27)24-14-12-19(13-15-24)22(25)23-18(3)21-7-5-4-6-17(21)2/h4-11,18-19H,12-15H2,1-3H3,(H,23,25). The van der Waals surface area contributed by atoms with Gasteiger partial charge >= 0.3 is 0 Å². The lowest BCUT2D eigenvalue weighted by Gasteiger charge is -2.31. The highest BCUT2D eigenvalue weighted by atomic mass is 32.2. The van der Waals surface area contributed by atoms with E-state index in [0.29, 0.717) is 30.8 Å². The first-order chi connectivity index (χ1) is 13.3. The predicted molar refractivity (Wildman–Crippen MR) is 110 cm³/mol. The van der Waals surface area contributed by atoms with Crippen molar-refractivity contribution in [3.05, 3.63) is 65.2 Å². The van der Waals surface area contributed by atoms with Crippen molar-refractivity contribution in [2.75, 3.05) is 13.1 Å². The molecule has 1 unspecified atom stereocenters. The Bertz CT molecular complexity index is 931. The van der Waals surface area contributed by atoms with Crippen molar-refractivity contribution >= 4 is 15.9 Å². The van der Waals surface area contributed by atoms with Crippen molar-refractivity contribution in [1.82, 2.24) is 9.62 Å². The molecule has 1 aliphatic rings. The largest absolute Gasteiger partial charge is 0.349 e. The minimum Gasteiger partial charge on any atom is -0.349 e. The Balaban J connectivity index is 1.59. The van der Waals surface area contributed by atoms with Gasteiger partial charge in [0.1, 0.15) is 0 Å². The Kier molecular flexibility index (Phi) is 6.20. The lowest BCUT2D eigenvalue weighted by molar-refractivity contribution is -0.126. The van der Waals surface area contributed by atoms with Gasteiger partial charge in [-0.25, -0.2) is 8.42 Å². The fourth-order valence-corrected chi connectivity index (χ4v) is 5.17. The highest BCUT2D eigenvalue weighted by molar-refractivity contribution is 7.89. The second-order valence-electron chi connectivity index (χ2n) is 7.58. The van der Waals surface area contributed by atoms with Crippen LogP contribution in [0.15, 0.2) is 53.4 Å². The van der Waals surface area contributed by atoms with E-state index in [1.54, 1.807) is 24.3 Å². The van der Waals surface area contributed by atoms with Gasteiger partial charge in [0.25, 0.3) is 0 Å². The Hall–Kier alpha value is -2.18. The maximum Gasteiger partial charge on any atom is 0.243 e. The summed E-state index contributed by atoms with van der Waals surface area (Å²) in [6.45, 7) is 6.68. The molecule has 2 aromatic carbocycles. The Labute approximate surface area is 167 Å². The van der Waals surface area contributed by atoms with Gasteiger partial charge in [0.2, 0.25) is 15.9 Å². The SMILES string of the molecule is Cc1ccc(S(=O)(=O)N2CCC(C(=O)NC(C)c3ccccc3C)CC2)cc1. The van der Waals surface area contributed by atoms with Crippen LogP contribution in [0.4, 0.5) is 0 Å². The molecule has 6 heteroatoms. The molecule has 1 N–H and O–H groups in total. The molecule has 2 aromatic rings. The van der Waals surface area contributed by atoms with Gasteiger partial charge in [-0.15, -0.1) is 0 Å². The van der Waals surface area contributed by atoms with Crippen LogP contribution in [0.2, 0.25) is 0 Å². The van der Waals surface area contributed by atoms with Crippen LogP contribution in [0.25, 0.3) is 0 Å². The molecule has 1 fully saturated rings. The zero-order valence-electron chi connectivity index (χ0n) is 16.7. The summed E-state index contributed by atoms with van der Waals surface area (Å²) in [6.07, 6.45) is 1.08. The van der Waals surface area contributed by atoms with Crippen molar-refractivity contribution in [3.8, 4) is 0 Å². The molecular weight excluding hydrogens is 372 g/mol. The number of amides is 1. The van der Waals surface area contributed by atoms with Crippen LogP contribution in [0.5, 0.6) is 0 Å². The summed E-state index contributed by atoms with van der Waals surface area (Å²) < 4.78 is 27.1. The van der Waals surface area contributed by atoms with Crippen molar-refractivity contribution in [1.29, 1.82) is 0 Å². The molecule has 3 rings (SSSR count). The first-order valence-electron chi connectivity index (χ1n) is 9.72. The Morgan fingerprint density at radius 1 is 1.04 bits per heavy atom. The number of benzene rings is 2. The molecule has 1 amide bonds. The normalized spacial score (nSPS) is 17.2. The van der Waals surface area contributed by atoms with Crippen LogP contribution in [0, 0.1) is 19.8 Å². The number of hydrogen-bond acceptors (Lipinski definition) is 3. The average Bonchev–Trinajstić information content (AvgIpc) is 2.68. The van der Waals surface area contributed by atoms with E-state index in [1.807, 2.05) is 45.0 Å². The molecule has 1 atom stereocenters. The van der Waals surface area contributed by atoms with E-state index in [-0.39, 0.29) is 17.9 Å². The molecular formula is C22H28N2O3S. The highest BCUT2D eigenvalue weighted by Gasteiger charge is 2.32. The molecule has 150 valence electrons. The maximum atomic E-state index is 12.8. The summed E-state index contributed by atoms with van der Waals surface area (Å²) in [5.41, 5.74) is 3.28. The van der Waals surface area contributed by atoms with Gasteiger partial charge in [0, 0.05) is 19.0 Å². The summed E-state index contributed by atoms with van der Waals surface area (Å²) in [4.78, 5) is 13.0. The van der Waals surface area contributed by atoms with E-state index < -0.39 is 10.0 Å². The third-order valence-electron chi connectivity index (χ3n) is 5.50. The van der Waals surface area contributed by atoms with Crippen molar-refractivity contribution in [2.45, 2.75) is 44.6 Å². The molecule has 1 heterocycles. The Morgan fingerprint density at radius 3 is 2.25 bits per heavy atom. The van der Waals surface area contributed by atoms with Gasteiger partial charge in [0.05, 0.1) is 10.9 Å².